The van der Waals surface area contributed by atoms with Crippen LogP contribution in [-0.4, -0.2) is 30.9 Å². The number of pyridine rings is 2. The molecule has 17 heavy (non-hydrogen) atoms. The van der Waals surface area contributed by atoms with Gasteiger partial charge in [-0.05, 0) is 6.07 Å². The first-order chi connectivity index (χ1) is 8.18. The summed E-state index contributed by atoms with van der Waals surface area (Å²) >= 11 is 0. The van der Waals surface area contributed by atoms with E-state index in [0.717, 1.165) is 4.79 Å². The number of aromatic nitrogens is 4. The maximum Gasteiger partial charge on any atom is 0.357 e. The van der Waals surface area contributed by atoms with E-state index in [1.165, 1.54) is 6.20 Å². The van der Waals surface area contributed by atoms with E-state index in [2.05, 4.69) is 15.1 Å². The molecule has 0 radical (unpaired) electrons. The molecule has 0 aliphatic carbocycles. The van der Waals surface area contributed by atoms with Gasteiger partial charge in [-0.2, -0.15) is 4.79 Å². The number of fused-ring (bicyclic) bond motifs is 3. The van der Waals surface area contributed by atoms with Crippen molar-refractivity contribution in [2.75, 3.05) is 5.84 Å². The third kappa shape index (κ3) is 1.22. The second-order valence-electron chi connectivity index (χ2n) is 3.51. The molecule has 3 heterocycles. The Labute approximate surface area is 94.5 Å². The molecular weight excluding hydrogens is 222 g/mol. The summed E-state index contributed by atoms with van der Waals surface area (Å²) in [7, 11) is 0. The Morgan fingerprint density at radius 1 is 1.35 bits per heavy atom. The summed E-state index contributed by atoms with van der Waals surface area (Å²) in [6.45, 7) is 0. The van der Waals surface area contributed by atoms with E-state index in [0.29, 0.717) is 21.8 Å². The van der Waals surface area contributed by atoms with Crippen molar-refractivity contribution >= 4 is 27.8 Å². The van der Waals surface area contributed by atoms with Crippen LogP contribution in [0.3, 0.4) is 0 Å². The van der Waals surface area contributed by atoms with E-state index >= 15 is 0 Å². The number of nitrogens with zero attached hydrogens (tertiary/aromatic N) is 4. The van der Waals surface area contributed by atoms with Crippen LogP contribution in [0.2, 0.25) is 0 Å². The van der Waals surface area contributed by atoms with Gasteiger partial charge in [-0.1, -0.05) is 0 Å². The first kappa shape index (κ1) is 9.52. The largest absolute Gasteiger partial charge is 0.476 e. The average Bonchev–Trinajstić information content (AvgIpc) is 2.67. The minimum atomic E-state index is -1.13. The molecule has 7 nitrogen and oxygen atoms in total. The molecule has 3 aromatic rings. The molecule has 0 saturated carbocycles. The van der Waals surface area contributed by atoms with Crippen LogP contribution in [0.15, 0.2) is 24.7 Å². The molecule has 3 rings (SSSR count). The average molecular weight is 229 g/mol. The Morgan fingerprint density at radius 2 is 2.18 bits per heavy atom. The third-order valence-corrected chi connectivity index (χ3v) is 2.54. The Bertz CT molecular complexity index is 749. The highest BCUT2D eigenvalue weighted by atomic mass is 16.4. The lowest BCUT2D eigenvalue weighted by Gasteiger charge is -1.99. The molecule has 3 aromatic heterocycles. The smallest absolute Gasteiger partial charge is 0.357 e. The van der Waals surface area contributed by atoms with Crippen molar-refractivity contribution in [1.82, 2.24) is 19.9 Å². The monoisotopic (exact) mass is 229 g/mol. The topological polar surface area (TPSA) is 107 Å². The van der Waals surface area contributed by atoms with Crippen molar-refractivity contribution in [2.45, 2.75) is 0 Å². The molecule has 0 amide bonds. The van der Waals surface area contributed by atoms with E-state index in [1.807, 2.05) is 0 Å². The molecule has 0 aliphatic heterocycles. The van der Waals surface area contributed by atoms with Crippen molar-refractivity contribution in [1.29, 1.82) is 0 Å². The zero-order valence-electron chi connectivity index (χ0n) is 8.53. The van der Waals surface area contributed by atoms with Crippen LogP contribution in [0, 0.1) is 0 Å². The molecule has 7 heteroatoms. The Balaban J connectivity index is 2.55. The molecule has 0 aliphatic rings. The standard InChI is InChI=1S/C10H7N5O2/c11-15-9-5-3-12-2-1-7(5)13-4-6(9)8(14-15)10(16)17/h1-4H,11H2,(H,16,17). The number of carboxylic acids is 1. The molecule has 0 bridgehead atoms. The lowest BCUT2D eigenvalue weighted by Crippen LogP contribution is -2.11. The van der Waals surface area contributed by atoms with E-state index < -0.39 is 5.97 Å². The summed E-state index contributed by atoms with van der Waals surface area (Å²) < 4.78 is 0. The fourth-order valence-corrected chi connectivity index (χ4v) is 1.81. The van der Waals surface area contributed by atoms with Crippen molar-refractivity contribution in [3.8, 4) is 0 Å². The summed E-state index contributed by atoms with van der Waals surface area (Å²) in [6.07, 6.45) is 4.65. The number of nitrogens with two attached hydrogens (primary N) is 1. The fourth-order valence-electron chi connectivity index (χ4n) is 1.81. The molecule has 0 aromatic carbocycles. The fraction of sp³-hybridized carbons (Fsp3) is 0. The zero-order valence-corrected chi connectivity index (χ0v) is 8.53. The van der Waals surface area contributed by atoms with Gasteiger partial charge in [0.25, 0.3) is 0 Å². The van der Waals surface area contributed by atoms with Gasteiger partial charge in [0.1, 0.15) is 5.52 Å². The van der Waals surface area contributed by atoms with Crippen LogP contribution in [-0.2, 0) is 0 Å². The van der Waals surface area contributed by atoms with Gasteiger partial charge in [-0.25, -0.2) is 4.79 Å². The maximum atomic E-state index is 11.0. The number of hydrogen-bond donors (Lipinski definition) is 2. The molecule has 0 atom stereocenters. The van der Waals surface area contributed by atoms with Crippen molar-refractivity contribution in [3.63, 3.8) is 0 Å². The van der Waals surface area contributed by atoms with Crippen molar-refractivity contribution in [2.24, 2.45) is 0 Å². The summed E-state index contributed by atoms with van der Waals surface area (Å²) in [5.41, 5.74) is 1.09. The summed E-state index contributed by atoms with van der Waals surface area (Å²) in [5, 5.41) is 13.8. The Morgan fingerprint density at radius 3 is 2.94 bits per heavy atom. The first-order valence-corrected chi connectivity index (χ1v) is 4.78. The third-order valence-electron chi connectivity index (χ3n) is 2.54. The molecule has 3 N–H and O–H groups in total. The predicted molar refractivity (Wildman–Crippen MR) is 59.9 cm³/mol. The van der Waals surface area contributed by atoms with E-state index in [9.17, 15) is 4.79 Å². The molecule has 0 fully saturated rings. The molecular formula is C10H7N5O2. The van der Waals surface area contributed by atoms with Gasteiger partial charge in [0.2, 0.25) is 0 Å². The number of hydrogen-bond acceptors (Lipinski definition) is 5. The number of carboxylic acid groups (broad SMARTS) is 1. The highest BCUT2D eigenvalue weighted by Gasteiger charge is 2.17. The summed E-state index contributed by atoms with van der Waals surface area (Å²) in [4.78, 5) is 20.2. The quantitative estimate of drug-likeness (QED) is 0.584. The highest BCUT2D eigenvalue weighted by Crippen LogP contribution is 2.23. The van der Waals surface area contributed by atoms with Crippen molar-refractivity contribution in [3.05, 3.63) is 30.4 Å². The molecule has 0 spiro atoms. The van der Waals surface area contributed by atoms with E-state index in [1.54, 1.807) is 18.5 Å². The number of rotatable bonds is 1. The predicted octanol–water partition coefficient (Wildman–Crippen LogP) is 0.391. The van der Waals surface area contributed by atoms with Crippen LogP contribution in [0.5, 0.6) is 0 Å². The highest BCUT2D eigenvalue weighted by molar-refractivity contribution is 6.10. The molecule has 0 saturated heterocycles. The van der Waals surface area contributed by atoms with Crippen LogP contribution >= 0.6 is 0 Å². The summed E-state index contributed by atoms with van der Waals surface area (Å²) in [5.74, 6) is 4.53. The first-order valence-electron chi connectivity index (χ1n) is 4.78. The Hall–Kier alpha value is -2.70. The molecule has 0 unspecified atom stereocenters. The number of nitrogen functional groups attached to an aromatic ring is 1. The van der Waals surface area contributed by atoms with Gasteiger partial charge in [0.15, 0.2) is 5.69 Å². The van der Waals surface area contributed by atoms with E-state index in [4.69, 9.17) is 10.9 Å². The lowest BCUT2D eigenvalue weighted by atomic mass is 10.2. The van der Waals surface area contributed by atoms with Crippen LogP contribution < -0.4 is 5.84 Å². The van der Waals surface area contributed by atoms with Gasteiger partial charge < -0.3 is 10.9 Å². The van der Waals surface area contributed by atoms with E-state index in [-0.39, 0.29) is 5.69 Å². The van der Waals surface area contributed by atoms with Gasteiger partial charge in [-0.3, -0.25) is 9.97 Å². The second kappa shape index (κ2) is 3.14. The van der Waals surface area contributed by atoms with Gasteiger partial charge in [0, 0.05) is 24.0 Å². The SMILES string of the molecule is Nn1nc(C(=O)O)c2cnc3ccncc3c21. The molecule has 84 valence electrons. The normalized spacial score (nSPS) is 11.1. The zero-order chi connectivity index (χ0) is 12.0. The maximum absolute atomic E-state index is 11.0. The minimum absolute atomic E-state index is 0.110. The van der Waals surface area contributed by atoms with Crippen LogP contribution in [0.4, 0.5) is 0 Å². The van der Waals surface area contributed by atoms with Gasteiger partial charge in [0.05, 0.1) is 10.9 Å². The van der Waals surface area contributed by atoms with Crippen LogP contribution in [0.25, 0.3) is 21.8 Å². The van der Waals surface area contributed by atoms with Crippen molar-refractivity contribution < 1.29 is 9.90 Å². The van der Waals surface area contributed by atoms with Gasteiger partial charge >= 0.3 is 5.97 Å². The second-order valence-corrected chi connectivity index (χ2v) is 3.51. The number of aromatic carboxylic acids is 1. The lowest BCUT2D eigenvalue weighted by molar-refractivity contribution is 0.0692. The van der Waals surface area contributed by atoms with Crippen LogP contribution in [0.1, 0.15) is 10.5 Å². The Kier molecular flexibility index (Phi) is 1.76. The van der Waals surface area contributed by atoms with Gasteiger partial charge in [-0.15, -0.1) is 5.10 Å². The number of carbonyl (C=O) groups is 1. The minimum Gasteiger partial charge on any atom is -0.476 e. The summed E-state index contributed by atoms with van der Waals surface area (Å²) in [6, 6.07) is 1.72.